The van der Waals surface area contributed by atoms with Gasteiger partial charge in [-0.1, -0.05) is 0 Å². The topological polar surface area (TPSA) is 25.8 Å². The van der Waals surface area contributed by atoms with Crippen molar-refractivity contribution in [3.63, 3.8) is 0 Å². The lowest BCUT2D eigenvalue weighted by Crippen LogP contribution is -1.83. The van der Waals surface area contributed by atoms with Gasteiger partial charge in [0.15, 0.2) is 0 Å². The zero-order chi connectivity index (χ0) is 10.1. The third-order valence-corrected chi connectivity index (χ3v) is 3.69. The minimum Gasteiger partial charge on any atom is -0.254 e. The van der Waals surface area contributed by atoms with Gasteiger partial charge in [-0.3, -0.25) is 4.98 Å². The van der Waals surface area contributed by atoms with Crippen LogP contribution >= 0.6 is 27.3 Å². The molecule has 0 saturated heterocycles. The molecule has 0 aromatic carbocycles. The average molecular weight is 269 g/mol. The molecule has 14 heavy (non-hydrogen) atoms. The Labute approximate surface area is 95.2 Å². The molecule has 0 aliphatic rings. The van der Waals surface area contributed by atoms with Crippen molar-refractivity contribution in [1.29, 1.82) is 0 Å². The van der Waals surface area contributed by atoms with Crippen LogP contribution < -0.4 is 0 Å². The highest BCUT2D eigenvalue weighted by Crippen LogP contribution is 2.26. The Morgan fingerprint density at radius 2 is 2.00 bits per heavy atom. The van der Waals surface area contributed by atoms with Gasteiger partial charge in [-0.25, -0.2) is 4.98 Å². The van der Waals surface area contributed by atoms with Gasteiger partial charge in [0.25, 0.3) is 0 Å². The average Bonchev–Trinajstić information content (AvgIpc) is 2.57. The molecule has 2 aromatic heterocycles. The van der Waals surface area contributed by atoms with E-state index >= 15 is 0 Å². The van der Waals surface area contributed by atoms with Crippen LogP contribution in [0.25, 0.3) is 10.6 Å². The molecule has 2 rings (SSSR count). The monoisotopic (exact) mass is 268 g/mol. The molecule has 0 spiro atoms. The Morgan fingerprint density at radius 3 is 2.57 bits per heavy atom. The van der Waals surface area contributed by atoms with Crippen molar-refractivity contribution in [2.45, 2.75) is 13.8 Å². The maximum atomic E-state index is 4.35. The van der Waals surface area contributed by atoms with Crippen LogP contribution in [0.1, 0.15) is 10.6 Å². The van der Waals surface area contributed by atoms with Crippen LogP contribution in [0.5, 0.6) is 0 Å². The highest BCUT2D eigenvalue weighted by atomic mass is 79.9. The molecule has 0 unspecified atom stereocenters. The van der Waals surface area contributed by atoms with Crippen molar-refractivity contribution in [3.05, 3.63) is 33.5 Å². The molecule has 4 heteroatoms. The van der Waals surface area contributed by atoms with Gasteiger partial charge in [-0.15, -0.1) is 11.3 Å². The molecule has 2 nitrogen and oxygen atoms in total. The number of hydrogen-bond donors (Lipinski definition) is 0. The second-order valence-corrected chi connectivity index (χ2v) is 5.15. The number of halogens is 1. The fourth-order valence-electron chi connectivity index (χ4n) is 1.15. The van der Waals surface area contributed by atoms with Gasteiger partial charge in [0.05, 0.1) is 15.6 Å². The standard InChI is InChI=1S/C10H9BrN2S/c1-6-3-9(13-4-8(6)11)10-5-12-7(2)14-10/h3-5H,1-2H3. The molecule has 0 bridgehead atoms. The summed E-state index contributed by atoms with van der Waals surface area (Å²) in [6.07, 6.45) is 3.70. The minimum absolute atomic E-state index is 0.997. The van der Waals surface area contributed by atoms with E-state index in [4.69, 9.17) is 0 Å². The predicted octanol–water partition coefficient (Wildman–Crippen LogP) is 3.58. The molecule has 0 atom stereocenters. The number of aryl methyl sites for hydroxylation is 2. The van der Waals surface area contributed by atoms with Gasteiger partial charge in [0, 0.05) is 16.9 Å². The molecule has 0 radical (unpaired) electrons. The van der Waals surface area contributed by atoms with E-state index in [2.05, 4.69) is 38.9 Å². The summed E-state index contributed by atoms with van der Waals surface area (Å²) in [4.78, 5) is 9.68. The van der Waals surface area contributed by atoms with E-state index in [0.29, 0.717) is 0 Å². The molecular formula is C10H9BrN2S. The van der Waals surface area contributed by atoms with Gasteiger partial charge >= 0.3 is 0 Å². The summed E-state index contributed by atoms with van der Waals surface area (Å²) in [5.74, 6) is 0. The van der Waals surface area contributed by atoms with E-state index in [1.54, 1.807) is 11.3 Å². The Morgan fingerprint density at radius 1 is 1.21 bits per heavy atom. The number of pyridine rings is 1. The van der Waals surface area contributed by atoms with E-state index in [0.717, 1.165) is 20.1 Å². The van der Waals surface area contributed by atoms with E-state index < -0.39 is 0 Å². The van der Waals surface area contributed by atoms with Gasteiger partial charge in [0.1, 0.15) is 0 Å². The lowest BCUT2D eigenvalue weighted by atomic mass is 10.2. The predicted molar refractivity (Wildman–Crippen MR) is 62.5 cm³/mol. The lowest BCUT2D eigenvalue weighted by molar-refractivity contribution is 1.26. The fraction of sp³-hybridized carbons (Fsp3) is 0.200. The van der Waals surface area contributed by atoms with Crippen LogP contribution in [-0.2, 0) is 0 Å². The quantitative estimate of drug-likeness (QED) is 0.790. The third kappa shape index (κ3) is 1.86. The first-order valence-corrected chi connectivity index (χ1v) is 5.83. The van der Waals surface area contributed by atoms with Crippen molar-refractivity contribution in [2.24, 2.45) is 0 Å². The SMILES string of the molecule is Cc1ncc(-c2cc(C)c(Br)cn2)s1. The maximum Gasteiger partial charge on any atom is 0.0901 e. The Hall–Kier alpha value is -0.740. The Bertz CT molecular complexity index is 465. The molecule has 0 amide bonds. The second kappa shape index (κ2) is 3.79. The van der Waals surface area contributed by atoms with Crippen LogP contribution in [0.4, 0.5) is 0 Å². The van der Waals surface area contributed by atoms with Crippen molar-refractivity contribution < 1.29 is 0 Å². The van der Waals surface area contributed by atoms with Crippen LogP contribution in [0, 0.1) is 13.8 Å². The first-order chi connectivity index (χ1) is 6.66. The molecule has 2 aromatic rings. The van der Waals surface area contributed by atoms with Crippen molar-refractivity contribution in [2.75, 3.05) is 0 Å². The fourth-order valence-corrected chi connectivity index (χ4v) is 2.12. The van der Waals surface area contributed by atoms with E-state index in [1.165, 1.54) is 5.56 Å². The van der Waals surface area contributed by atoms with Crippen LogP contribution in [0.2, 0.25) is 0 Å². The number of aromatic nitrogens is 2. The molecule has 72 valence electrons. The number of thiazole rings is 1. The minimum atomic E-state index is 0.997. The molecule has 0 fully saturated rings. The molecule has 0 aliphatic carbocycles. The first-order valence-electron chi connectivity index (χ1n) is 4.22. The van der Waals surface area contributed by atoms with Crippen molar-refractivity contribution in [1.82, 2.24) is 9.97 Å². The van der Waals surface area contributed by atoms with E-state index in [-0.39, 0.29) is 0 Å². The smallest absolute Gasteiger partial charge is 0.0901 e. The zero-order valence-electron chi connectivity index (χ0n) is 7.91. The molecule has 2 heterocycles. The maximum absolute atomic E-state index is 4.35. The number of rotatable bonds is 1. The molecule has 0 aliphatic heterocycles. The summed E-state index contributed by atoms with van der Waals surface area (Å²) >= 11 is 5.10. The molecule has 0 N–H and O–H groups in total. The summed E-state index contributed by atoms with van der Waals surface area (Å²) in [6.45, 7) is 4.06. The van der Waals surface area contributed by atoms with Crippen LogP contribution in [0.3, 0.4) is 0 Å². The largest absolute Gasteiger partial charge is 0.254 e. The summed E-state index contributed by atoms with van der Waals surface area (Å²) < 4.78 is 1.04. The zero-order valence-corrected chi connectivity index (χ0v) is 10.3. The Kier molecular flexibility index (Phi) is 2.65. The lowest BCUT2D eigenvalue weighted by Gasteiger charge is -1.99. The highest BCUT2D eigenvalue weighted by Gasteiger charge is 2.04. The summed E-state index contributed by atoms with van der Waals surface area (Å²) in [7, 11) is 0. The number of hydrogen-bond acceptors (Lipinski definition) is 3. The van der Waals surface area contributed by atoms with Crippen molar-refractivity contribution in [3.8, 4) is 10.6 Å². The van der Waals surface area contributed by atoms with Gasteiger partial charge in [0.2, 0.25) is 0 Å². The van der Waals surface area contributed by atoms with Gasteiger partial charge in [-0.2, -0.15) is 0 Å². The molecular weight excluding hydrogens is 260 g/mol. The first kappa shape index (κ1) is 9.80. The van der Waals surface area contributed by atoms with E-state index in [9.17, 15) is 0 Å². The Balaban J connectivity index is 2.47. The highest BCUT2D eigenvalue weighted by molar-refractivity contribution is 9.10. The van der Waals surface area contributed by atoms with Crippen molar-refractivity contribution >= 4 is 27.3 Å². The van der Waals surface area contributed by atoms with Crippen LogP contribution in [-0.4, -0.2) is 9.97 Å². The van der Waals surface area contributed by atoms with Crippen LogP contribution in [0.15, 0.2) is 22.9 Å². The second-order valence-electron chi connectivity index (χ2n) is 3.06. The number of nitrogens with zero attached hydrogens (tertiary/aromatic N) is 2. The summed E-state index contributed by atoms with van der Waals surface area (Å²) in [6, 6.07) is 2.07. The summed E-state index contributed by atoms with van der Waals surface area (Å²) in [5, 5.41) is 1.07. The molecule has 0 saturated carbocycles. The third-order valence-electron chi connectivity index (χ3n) is 1.92. The van der Waals surface area contributed by atoms with Gasteiger partial charge in [-0.05, 0) is 41.4 Å². The van der Waals surface area contributed by atoms with Gasteiger partial charge < -0.3 is 0 Å². The van der Waals surface area contributed by atoms with E-state index in [1.807, 2.05) is 19.3 Å². The summed E-state index contributed by atoms with van der Waals surface area (Å²) in [5.41, 5.74) is 2.19. The normalized spacial score (nSPS) is 10.5.